The summed E-state index contributed by atoms with van der Waals surface area (Å²) in [6.07, 6.45) is 2.69. The van der Waals surface area contributed by atoms with E-state index in [2.05, 4.69) is 15.9 Å². The van der Waals surface area contributed by atoms with E-state index in [-0.39, 0.29) is 17.2 Å². The summed E-state index contributed by atoms with van der Waals surface area (Å²) in [6, 6.07) is 8.69. The predicted molar refractivity (Wildman–Crippen MR) is 114 cm³/mol. The zero-order valence-corrected chi connectivity index (χ0v) is 18.7. The molecule has 0 aliphatic carbocycles. The normalized spacial score (nSPS) is 18.0. The number of nitrogens with zero attached hydrogens (tertiary/aromatic N) is 2. The van der Waals surface area contributed by atoms with E-state index in [9.17, 15) is 9.59 Å². The zero-order valence-electron chi connectivity index (χ0n) is 17.2. The fourth-order valence-electron chi connectivity index (χ4n) is 4.44. The van der Waals surface area contributed by atoms with E-state index in [1.54, 1.807) is 44.6 Å². The van der Waals surface area contributed by atoms with Gasteiger partial charge < -0.3 is 23.7 Å². The quantitative estimate of drug-likeness (QED) is 0.670. The third-order valence-corrected chi connectivity index (χ3v) is 6.68. The molecule has 8 heteroatoms. The van der Waals surface area contributed by atoms with E-state index in [0.29, 0.717) is 47.1 Å². The minimum Gasteiger partial charge on any atom is -0.497 e. The second kappa shape index (κ2) is 8.34. The largest absolute Gasteiger partial charge is 0.497 e. The molecular weight excluding hydrogens is 452 g/mol. The summed E-state index contributed by atoms with van der Waals surface area (Å²) in [5.41, 5.74) is 0.578. The van der Waals surface area contributed by atoms with E-state index >= 15 is 0 Å². The van der Waals surface area contributed by atoms with Gasteiger partial charge >= 0.3 is 0 Å². The van der Waals surface area contributed by atoms with Crippen molar-refractivity contribution in [2.24, 2.45) is 5.41 Å². The number of amides is 2. The summed E-state index contributed by atoms with van der Waals surface area (Å²) in [5, 5.41) is 0. The van der Waals surface area contributed by atoms with Gasteiger partial charge in [-0.15, -0.1) is 0 Å². The van der Waals surface area contributed by atoms with E-state index in [1.807, 2.05) is 9.80 Å². The number of carbonyl (C=O) groups is 2. The van der Waals surface area contributed by atoms with Gasteiger partial charge in [-0.3, -0.25) is 9.59 Å². The minimum atomic E-state index is -0.0720. The first-order valence-electron chi connectivity index (χ1n) is 10.0. The van der Waals surface area contributed by atoms with Crippen molar-refractivity contribution in [1.82, 2.24) is 9.80 Å². The highest BCUT2D eigenvalue weighted by atomic mass is 79.9. The molecule has 7 nitrogen and oxygen atoms in total. The molecule has 2 aliphatic rings. The van der Waals surface area contributed by atoms with Gasteiger partial charge in [0.2, 0.25) is 0 Å². The molecule has 1 spiro atoms. The average Bonchev–Trinajstić information content (AvgIpc) is 3.39. The maximum Gasteiger partial charge on any atom is 0.289 e. The molecule has 4 rings (SSSR count). The number of hydrogen-bond donors (Lipinski definition) is 0. The summed E-state index contributed by atoms with van der Waals surface area (Å²) in [5.74, 6) is 1.41. The molecule has 1 aromatic heterocycles. The Labute approximate surface area is 184 Å². The first-order valence-corrected chi connectivity index (χ1v) is 10.8. The van der Waals surface area contributed by atoms with Gasteiger partial charge in [-0.1, -0.05) is 0 Å². The molecule has 0 unspecified atom stereocenters. The van der Waals surface area contributed by atoms with E-state index in [0.717, 1.165) is 25.8 Å². The lowest BCUT2D eigenvalue weighted by Gasteiger charge is -2.39. The second-order valence-electron chi connectivity index (χ2n) is 7.94. The summed E-state index contributed by atoms with van der Waals surface area (Å²) in [7, 11) is 3.14. The Balaban J connectivity index is 1.41. The standard InChI is InChI=1S/C22H25BrN2O5/c1-28-15-3-4-17(29-2)16(13-15)20(26)24-10-7-22(8-11-24)9-12-25(14-22)21(27)18-5-6-19(23)30-18/h3-6,13H,7-12,14H2,1-2H3. The zero-order chi connectivity index (χ0) is 21.3. The monoisotopic (exact) mass is 476 g/mol. The van der Waals surface area contributed by atoms with Crippen molar-refractivity contribution in [2.75, 3.05) is 40.4 Å². The number of rotatable bonds is 4. The van der Waals surface area contributed by atoms with Crippen LogP contribution in [-0.2, 0) is 0 Å². The van der Waals surface area contributed by atoms with Gasteiger partial charge in [-0.25, -0.2) is 0 Å². The predicted octanol–water partition coefficient (Wildman–Crippen LogP) is 3.83. The molecule has 1 aromatic carbocycles. The van der Waals surface area contributed by atoms with Crippen molar-refractivity contribution in [3.63, 3.8) is 0 Å². The molecule has 2 saturated heterocycles. The van der Waals surface area contributed by atoms with Crippen LogP contribution in [0, 0.1) is 5.41 Å². The molecule has 2 amide bonds. The van der Waals surface area contributed by atoms with Gasteiger partial charge in [-0.2, -0.15) is 0 Å². The van der Waals surface area contributed by atoms with Gasteiger partial charge in [0.1, 0.15) is 11.5 Å². The Bertz CT molecular complexity index is 949. The number of furan rings is 1. The highest BCUT2D eigenvalue weighted by Gasteiger charge is 2.43. The van der Waals surface area contributed by atoms with Crippen molar-refractivity contribution in [1.29, 1.82) is 0 Å². The Kier molecular flexibility index (Phi) is 5.77. The number of benzene rings is 1. The molecule has 0 N–H and O–H groups in total. The third kappa shape index (κ3) is 3.93. The molecule has 0 saturated carbocycles. The van der Waals surface area contributed by atoms with Crippen LogP contribution in [0.1, 0.15) is 40.2 Å². The number of methoxy groups -OCH3 is 2. The first-order chi connectivity index (χ1) is 14.4. The SMILES string of the molecule is COc1ccc(OC)c(C(=O)N2CCC3(CCN(C(=O)c4ccc(Br)o4)C3)CC2)c1. The van der Waals surface area contributed by atoms with Gasteiger partial charge in [0.25, 0.3) is 11.8 Å². The second-order valence-corrected chi connectivity index (χ2v) is 8.72. The lowest BCUT2D eigenvalue weighted by Crippen LogP contribution is -2.44. The smallest absolute Gasteiger partial charge is 0.289 e. The van der Waals surface area contributed by atoms with E-state index < -0.39 is 0 Å². The van der Waals surface area contributed by atoms with Crippen molar-refractivity contribution in [3.05, 3.63) is 46.3 Å². The topological polar surface area (TPSA) is 72.2 Å². The maximum absolute atomic E-state index is 13.1. The van der Waals surface area contributed by atoms with E-state index in [1.165, 1.54) is 0 Å². The van der Waals surface area contributed by atoms with Crippen LogP contribution in [0.3, 0.4) is 0 Å². The van der Waals surface area contributed by atoms with Crippen molar-refractivity contribution < 1.29 is 23.5 Å². The number of hydrogen-bond acceptors (Lipinski definition) is 5. The Hall–Kier alpha value is -2.48. The van der Waals surface area contributed by atoms with Crippen molar-refractivity contribution in [3.8, 4) is 11.5 Å². The number of carbonyl (C=O) groups excluding carboxylic acids is 2. The van der Waals surface area contributed by atoms with Crippen LogP contribution in [0.2, 0.25) is 0 Å². The van der Waals surface area contributed by atoms with Gasteiger partial charge in [0.05, 0.1) is 19.8 Å². The molecule has 2 aromatic rings. The fourth-order valence-corrected chi connectivity index (χ4v) is 4.74. The van der Waals surface area contributed by atoms with Crippen LogP contribution < -0.4 is 9.47 Å². The highest BCUT2D eigenvalue weighted by Crippen LogP contribution is 2.41. The molecule has 3 heterocycles. The number of piperidine rings is 1. The molecule has 0 bridgehead atoms. The summed E-state index contributed by atoms with van der Waals surface area (Å²) < 4.78 is 16.6. The number of likely N-dealkylation sites (tertiary alicyclic amines) is 2. The molecule has 2 aliphatic heterocycles. The maximum atomic E-state index is 13.1. The molecule has 160 valence electrons. The van der Waals surface area contributed by atoms with Crippen molar-refractivity contribution in [2.45, 2.75) is 19.3 Å². The van der Waals surface area contributed by atoms with Gasteiger partial charge in [0, 0.05) is 26.2 Å². The molecule has 0 atom stereocenters. The third-order valence-electron chi connectivity index (χ3n) is 6.26. The van der Waals surface area contributed by atoms with Gasteiger partial charge in [-0.05, 0) is 70.9 Å². The van der Waals surface area contributed by atoms with Gasteiger partial charge in [0.15, 0.2) is 10.4 Å². The summed E-state index contributed by atoms with van der Waals surface area (Å²) in [6.45, 7) is 2.74. The van der Waals surface area contributed by atoms with Crippen LogP contribution in [0.4, 0.5) is 0 Å². The Morgan fingerprint density at radius 2 is 1.67 bits per heavy atom. The molecule has 2 fully saturated rings. The van der Waals surface area contributed by atoms with E-state index in [4.69, 9.17) is 13.9 Å². The lowest BCUT2D eigenvalue weighted by atomic mass is 9.77. The molecule has 30 heavy (non-hydrogen) atoms. The van der Waals surface area contributed by atoms with Crippen molar-refractivity contribution >= 4 is 27.7 Å². The van der Waals surface area contributed by atoms with Crippen LogP contribution in [0.15, 0.2) is 39.4 Å². The van der Waals surface area contributed by atoms with Crippen LogP contribution in [0.5, 0.6) is 11.5 Å². The molecular formula is C22H25BrN2O5. The van der Waals surface area contributed by atoms with Crippen LogP contribution >= 0.6 is 15.9 Å². The lowest BCUT2D eigenvalue weighted by molar-refractivity contribution is 0.0557. The average molecular weight is 477 g/mol. The molecule has 0 radical (unpaired) electrons. The summed E-state index contributed by atoms with van der Waals surface area (Å²) >= 11 is 3.25. The fraction of sp³-hybridized carbons (Fsp3) is 0.455. The Morgan fingerprint density at radius 1 is 0.967 bits per heavy atom. The van der Waals surface area contributed by atoms with Crippen LogP contribution in [-0.4, -0.2) is 62.0 Å². The van der Waals surface area contributed by atoms with Crippen LogP contribution in [0.25, 0.3) is 0 Å². The minimum absolute atomic E-state index is 0.0491. The highest BCUT2D eigenvalue weighted by molar-refractivity contribution is 9.10. The number of ether oxygens (including phenoxy) is 2. The summed E-state index contributed by atoms with van der Waals surface area (Å²) in [4.78, 5) is 29.6. The Morgan fingerprint density at radius 3 is 2.27 bits per heavy atom. The first kappa shape index (κ1) is 20.8. The number of halogens is 1.